The Morgan fingerprint density at radius 3 is 3.00 bits per heavy atom. The molecule has 0 amide bonds. The molecule has 2 rings (SSSR count). The van der Waals surface area contributed by atoms with Gasteiger partial charge in [-0.2, -0.15) is 0 Å². The Hall–Kier alpha value is -1.57. The van der Waals surface area contributed by atoms with Crippen LogP contribution in [-0.4, -0.2) is 6.21 Å². The lowest BCUT2D eigenvalue weighted by molar-refractivity contribution is 1.51. The SMILES string of the molecule is CC1=CNc2ccccc2N=C1. The minimum atomic E-state index is 0.991. The lowest BCUT2D eigenvalue weighted by Gasteiger charge is -2.01. The summed E-state index contributed by atoms with van der Waals surface area (Å²) in [5.41, 5.74) is 3.18. The molecule has 1 aliphatic heterocycles. The second kappa shape index (κ2) is 2.81. The summed E-state index contributed by atoms with van der Waals surface area (Å²) in [6.45, 7) is 2.02. The van der Waals surface area contributed by atoms with E-state index in [1.54, 1.807) is 0 Å². The van der Waals surface area contributed by atoms with Crippen LogP contribution in [0, 0.1) is 0 Å². The van der Waals surface area contributed by atoms with Crippen LogP contribution in [0.5, 0.6) is 0 Å². The molecule has 60 valence electrons. The molecule has 1 aromatic rings. The van der Waals surface area contributed by atoms with Crippen molar-refractivity contribution in [2.24, 2.45) is 4.99 Å². The van der Waals surface area contributed by atoms with Crippen molar-refractivity contribution >= 4 is 17.6 Å². The first-order valence-corrected chi connectivity index (χ1v) is 3.93. The Kier molecular flexibility index (Phi) is 1.67. The summed E-state index contributed by atoms with van der Waals surface area (Å²) in [5, 5.41) is 3.19. The number of fused-ring (bicyclic) bond motifs is 1. The minimum Gasteiger partial charge on any atom is -0.360 e. The van der Waals surface area contributed by atoms with E-state index in [1.165, 1.54) is 0 Å². The van der Waals surface area contributed by atoms with Crippen LogP contribution in [0.4, 0.5) is 11.4 Å². The van der Waals surface area contributed by atoms with Gasteiger partial charge in [-0.05, 0) is 24.6 Å². The zero-order valence-corrected chi connectivity index (χ0v) is 6.91. The number of nitrogens with zero attached hydrogens (tertiary/aromatic N) is 1. The molecule has 1 aromatic carbocycles. The van der Waals surface area contributed by atoms with Gasteiger partial charge in [0.05, 0.1) is 11.4 Å². The summed E-state index contributed by atoms with van der Waals surface area (Å²) >= 11 is 0. The maximum atomic E-state index is 4.31. The fourth-order valence-corrected chi connectivity index (χ4v) is 1.11. The van der Waals surface area contributed by atoms with E-state index in [9.17, 15) is 0 Å². The standard InChI is InChI=1S/C10H10N2/c1-8-6-11-9-4-2-3-5-10(9)12-7-8/h2-7,11H,1H3. The Labute approximate surface area is 71.6 Å². The van der Waals surface area contributed by atoms with Gasteiger partial charge in [0, 0.05) is 12.4 Å². The van der Waals surface area contributed by atoms with Crippen molar-refractivity contribution in [3.8, 4) is 0 Å². The van der Waals surface area contributed by atoms with Crippen molar-refractivity contribution in [3.63, 3.8) is 0 Å². The molecule has 0 aliphatic carbocycles. The normalized spacial score (nSPS) is 14.2. The second-order valence-electron chi connectivity index (χ2n) is 2.81. The molecule has 0 saturated heterocycles. The molecular weight excluding hydrogens is 148 g/mol. The number of hydrogen-bond acceptors (Lipinski definition) is 2. The number of benzene rings is 1. The summed E-state index contributed by atoms with van der Waals surface area (Å²) in [6, 6.07) is 7.99. The molecule has 1 heterocycles. The number of rotatable bonds is 0. The maximum Gasteiger partial charge on any atom is 0.0864 e. The van der Waals surface area contributed by atoms with E-state index in [1.807, 2.05) is 43.6 Å². The van der Waals surface area contributed by atoms with Crippen LogP contribution < -0.4 is 5.32 Å². The lowest BCUT2D eigenvalue weighted by atomic mass is 10.3. The van der Waals surface area contributed by atoms with Gasteiger partial charge in [0.1, 0.15) is 0 Å². The highest BCUT2D eigenvalue weighted by Gasteiger charge is 1.99. The molecular formula is C10H10N2. The van der Waals surface area contributed by atoms with Gasteiger partial charge in [0.25, 0.3) is 0 Å². The van der Waals surface area contributed by atoms with Crippen LogP contribution in [-0.2, 0) is 0 Å². The number of para-hydroxylation sites is 2. The molecule has 0 aromatic heterocycles. The summed E-state index contributed by atoms with van der Waals surface area (Å²) < 4.78 is 0. The van der Waals surface area contributed by atoms with Crippen molar-refractivity contribution in [1.82, 2.24) is 0 Å². The molecule has 1 N–H and O–H groups in total. The third-order valence-electron chi connectivity index (χ3n) is 1.77. The Balaban J connectivity index is 2.48. The van der Waals surface area contributed by atoms with Crippen LogP contribution in [0.15, 0.2) is 41.0 Å². The molecule has 0 atom stereocenters. The molecule has 0 saturated carbocycles. The quantitative estimate of drug-likeness (QED) is 0.616. The molecule has 0 unspecified atom stereocenters. The number of nitrogens with one attached hydrogen (secondary N) is 1. The average molecular weight is 158 g/mol. The largest absolute Gasteiger partial charge is 0.360 e. The Morgan fingerprint density at radius 2 is 2.08 bits per heavy atom. The predicted octanol–water partition coefficient (Wildman–Crippen LogP) is 2.72. The molecule has 2 nitrogen and oxygen atoms in total. The fourth-order valence-electron chi connectivity index (χ4n) is 1.11. The maximum absolute atomic E-state index is 4.31. The third kappa shape index (κ3) is 1.23. The van der Waals surface area contributed by atoms with Gasteiger partial charge in [0.2, 0.25) is 0 Å². The second-order valence-corrected chi connectivity index (χ2v) is 2.81. The highest BCUT2D eigenvalue weighted by Crippen LogP contribution is 2.25. The fraction of sp³-hybridized carbons (Fsp3) is 0.100. The molecule has 1 aliphatic rings. The summed E-state index contributed by atoms with van der Waals surface area (Å²) in [5.74, 6) is 0. The molecule has 12 heavy (non-hydrogen) atoms. The zero-order valence-electron chi connectivity index (χ0n) is 6.91. The van der Waals surface area contributed by atoms with E-state index in [4.69, 9.17) is 0 Å². The van der Waals surface area contributed by atoms with Gasteiger partial charge in [-0.25, -0.2) is 0 Å². The van der Waals surface area contributed by atoms with Crippen LogP contribution in [0.2, 0.25) is 0 Å². The first-order valence-electron chi connectivity index (χ1n) is 3.93. The van der Waals surface area contributed by atoms with E-state index >= 15 is 0 Å². The number of anilines is 1. The van der Waals surface area contributed by atoms with E-state index in [0.29, 0.717) is 0 Å². The Bertz CT molecular complexity index is 351. The van der Waals surface area contributed by atoms with Crippen molar-refractivity contribution in [1.29, 1.82) is 0 Å². The molecule has 0 bridgehead atoms. The van der Waals surface area contributed by atoms with Gasteiger partial charge < -0.3 is 5.32 Å². The first-order chi connectivity index (χ1) is 5.86. The predicted molar refractivity (Wildman–Crippen MR) is 52.0 cm³/mol. The van der Waals surface area contributed by atoms with E-state index in [0.717, 1.165) is 16.9 Å². The van der Waals surface area contributed by atoms with E-state index in [2.05, 4.69) is 10.3 Å². The van der Waals surface area contributed by atoms with Gasteiger partial charge in [0.15, 0.2) is 0 Å². The van der Waals surface area contributed by atoms with Crippen LogP contribution in [0.25, 0.3) is 0 Å². The Morgan fingerprint density at radius 1 is 1.25 bits per heavy atom. The van der Waals surface area contributed by atoms with E-state index < -0.39 is 0 Å². The van der Waals surface area contributed by atoms with Crippen molar-refractivity contribution in [3.05, 3.63) is 36.0 Å². The first kappa shape index (κ1) is 7.10. The van der Waals surface area contributed by atoms with Crippen LogP contribution in [0.3, 0.4) is 0 Å². The molecule has 0 spiro atoms. The van der Waals surface area contributed by atoms with Crippen molar-refractivity contribution in [2.75, 3.05) is 5.32 Å². The van der Waals surface area contributed by atoms with Gasteiger partial charge in [-0.1, -0.05) is 12.1 Å². The van der Waals surface area contributed by atoms with Gasteiger partial charge in [-0.15, -0.1) is 0 Å². The minimum absolute atomic E-state index is 0.991. The topological polar surface area (TPSA) is 24.4 Å². The van der Waals surface area contributed by atoms with Crippen molar-refractivity contribution < 1.29 is 0 Å². The summed E-state index contributed by atoms with van der Waals surface area (Å²) in [4.78, 5) is 4.31. The summed E-state index contributed by atoms with van der Waals surface area (Å²) in [6.07, 6.45) is 3.81. The lowest BCUT2D eigenvalue weighted by Crippen LogP contribution is -1.86. The van der Waals surface area contributed by atoms with Crippen LogP contribution >= 0.6 is 0 Å². The van der Waals surface area contributed by atoms with Gasteiger partial charge in [-0.3, -0.25) is 4.99 Å². The molecule has 0 radical (unpaired) electrons. The zero-order chi connectivity index (χ0) is 8.39. The summed E-state index contributed by atoms with van der Waals surface area (Å²) in [7, 11) is 0. The van der Waals surface area contributed by atoms with E-state index in [-0.39, 0.29) is 0 Å². The smallest absolute Gasteiger partial charge is 0.0864 e. The highest BCUT2D eigenvalue weighted by molar-refractivity contribution is 5.85. The van der Waals surface area contributed by atoms with Gasteiger partial charge >= 0.3 is 0 Å². The number of hydrogen-bond donors (Lipinski definition) is 1. The van der Waals surface area contributed by atoms with Crippen LogP contribution in [0.1, 0.15) is 6.92 Å². The molecule has 2 heteroatoms. The number of aliphatic imine (C=N–C) groups is 1. The van der Waals surface area contributed by atoms with Crippen molar-refractivity contribution in [2.45, 2.75) is 6.92 Å². The number of allylic oxidation sites excluding steroid dienone is 1. The highest BCUT2D eigenvalue weighted by atomic mass is 14.9. The average Bonchev–Trinajstić information content (AvgIpc) is 2.29. The monoisotopic (exact) mass is 158 g/mol. The third-order valence-corrected chi connectivity index (χ3v) is 1.77. The molecule has 0 fully saturated rings.